The number of guanidine groups is 1. The summed E-state index contributed by atoms with van der Waals surface area (Å²) in [5.74, 6) is 1.79. The van der Waals surface area contributed by atoms with E-state index in [2.05, 4.69) is 25.8 Å². The standard InChI is InChI=1S/C19H25ClN6O3.HI/c1-21-18(23-15-8-11-26(12-9-15)19(27)28-2)22-10-7-16-24-17(25-29-16)13-3-5-14(20)6-4-13;/h3-6,15H,7-12H2,1-2H3,(H2,21,22,23);1H. The van der Waals surface area contributed by atoms with Crippen LogP contribution in [0.5, 0.6) is 0 Å². The Morgan fingerprint density at radius 1 is 1.33 bits per heavy atom. The predicted octanol–water partition coefficient (Wildman–Crippen LogP) is 2.95. The molecule has 3 rings (SSSR count). The first-order valence-corrected chi connectivity index (χ1v) is 9.85. The molecule has 0 saturated carbocycles. The number of nitrogens with zero attached hydrogens (tertiary/aromatic N) is 4. The quantitative estimate of drug-likeness (QED) is 0.336. The minimum atomic E-state index is -0.275. The van der Waals surface area contributed by atoms with Gasteiger partial charge in [-0.1, -0.05) is 16.8 Å². The van der Waals surface area contributed by atoms with Crippen molar-refractivity contribution in [1.29, 1.82) is 0 Å². The lowest BCUT2D eigenvalue weighted by Gasteiger charge is -2.32. The molecule has 0 unspecified atom stereocenters. The molecule has 2 aromatic rings. The van der Waals surface area contributed by atoms with Crippen LogP contribution >= 0.6 is 35.6 Å². The number of aliphatic imine (C=N–C) groups is 1. The maximum absolute atomic E-state index is 11.6. The fourth-order valence-electron chi connectivity index (χ4n) is 3.08. The maximum atomic E-state index is 11.6. The van der Waals surface area contributed by atoms with E-state index in [9.17, 15) is 4.79 Å². The molecule has 1 aromatic heterocycles. The van der Waals surface area contributed by atoms with Crippen LogP contribution in [-0.2, 0) is 11.2 Å². The van der Waals surface area contributed by atoms with Crippen LogP contribution in [0, 0.1) is 0 Å². The number of likely N-dealkylation sites (tertiary alicyclic amines) is 1. The molecular formula is C19H26ClIN6O3. The Morgan fingerprint density at radius 3 is 2.67 bits per heavy atom. The normalized spacial score (nSPS) is 14.8. The number of ether oxygens (including phenoxy) is 1. The Balaban J connectivity index is 0.00000320. The first-order chi connectivity index (χ1) is 14.1. The largest absolute Gasteiger partial charge is 0.453 e. The SMILES string of the molecule is CN=C(NCCc1nc(-c2ccc(Cl)cc2)no1)NC1CCN(C(=O)OC)CC1.I. The second kappa shape index (κ2) is 11.9. The number of amides is 1. The van der Waals surface area contributed by atoms with Gasteiger partial charge in [0.15, 0.2) is 5.96 Å². The van der Waals surface area contributed by atoms with E-state index in [1.807, 2.05) is 12.1 Å². The third-order valence-corrected chi connectivity index (χ3v) is 4.95. The number of rotatable bonds is 5. The van der Waals surface area contributed by atoms with Crippen LogP contribution in [0.25, 0.3) is 11.4 Å². The number of hydrogen-bond acceptors (Lipinski definition) is 6. The van der Waals surface area contributed by atoms with Crippen molar-refractivity contribution in [3.63, 3.8) is 0 Å². The molecule has 1 saturated heterocycles. The summed E-state index contributed by atoms with van der Waals surface area (Å²) in [6.07, 6.45) is 1.97. The molecule has 1 fully saturated rings. The van der Waals surface area contributed by atoms with E-state index in [1.54, 1.807) is 24.1 Å². The highest BCUT2D eigenvalue weighted by molar-refractivity contribution is 14.0. The fraction of sp³-hybridized carbons (Fsp3) is 0.474. The van der Waals surface area contributed by atoms with Crippen LogP contribution in [0.2, 0.25) is 5.02 Å². The average molecular weight is 549 g/mol. The number of piperidine rings is 1. The van der Waals surface area contributed by atoms with Crippen LogP contribution in [0.3, 0.4) is 0 Å². The lowest BCUT2D eigenvalue weighted by molar-refractivity contribution is 0.111. The van der Waals surface area contributed by atoms with Crippen molar-refractivity contribution in [1.82, 2.24) is 25.7 Å². The Bertz CT molecular complexity index is 837. The molecule has 164 valence electrons. The number of methoxy groups -OCH3 is 1. The highest BCUT2D eigenvalue weighted by Gasteiger charge is 2.23. The number of aromatic nitrogens is 2. The molecule has 0 atom stereocenters. The van der Waals surface area contributed by atoms with Crippen LogP contribution in [0.15, 0.2) is 33.8 Å². The van der Waals surface area contributed by atoms with E-state index in [0.717, 1.165) is 18.4 Å². The van der Waals surface area contributed by atoms with Crippen LogP contribution in [-0.4, -0.2) is 66.9 Å². The zero-order valence-corrected chi connectivity index (χ0v) is 20.0. The molecule has 0 bridgehead atoms. The van der Waals surface area contributed by atoms with Gasteiger partial charge in [0.1, 0.15) is 0 Å². The van der Waals surface area contributed by atoms with Crippen molar-refractivity contribution >= 4 is 47.6 Å². The Kier molecular flexibility index (Phi) is 9.63. The van der Waals surface area contributed by atoms with Crippen molar-refractivity contribution in [2.75, 3.05) is 33.8 Å². The minimum absolute atomic E-state index is 0. The lowest BCUT2D eigenvalue weighted by atomic mass is 10.1. The number of benzene rings is 1. The minimum Gasteiger partial charge on any atom is -0.453 e. The van der Waals surface area contributed by atoms with E-state index in [1.165, 1.54) is 7.11 Å². The number of halogens is 2. The molecule has 9 nitrogen and oxygen atoms in total. The molecule has 1 aromatic carbocycles. The van der Waals surface area contributed by atoms with Crippen molar-refractivity contribution in [2.24, 2.45) is 4.99 Å². The van der Waals surface area contributed by atoms with Gasteiger partial charge < -0.3 is 24.8 Å². The van der Waals surface area contributed by atoms with Crippen molar-refractivity contribution in [3.05, 3.63) is 35.2 Å². The molecule has 0 radical (unpaired) electrons. The van der Waals surface area contributed by atoms with Gasteiger partial charge in [0.2, 0.25) is 11.7 Å². The van der Waals surface area contributed by atoms with Crippen molar-refractivity contribution in [2.45, 2.75) is 25.3 Å². The summed E-state index contributed by atoms with van der Waals surface area (Å²) < 4.78 is 10.1. The molecule has 0 aliphatic carbocycles. The number of carbonyl (C=O) groups is 1. The summed E-state index contributed by atoms with van der Waals surface area (Å²) in [4.78, 5) is 21.9. The van der Waals surface area contributed by atoms with Gasteiger partial charge in [0, 0.05) is 49.7 Å². The smallest absolute Gasteiger partial charge is 0.409 e. The number of hydrogen-bond donors (Lipinski definition) is 2. The second-order valence-electron chi connectivity index (χ2n) is 6.64. The van der Waals surface area contributed by atoms with E-state index >= 15 is 0 Å². The molecular weight excluding hydrogens is 523 g/mol. The zero-order chi connectivity index (χ0) is 20.6. The third-order valence-electron chi connectivity index (χ3n) is 4.69. The summed E-state index contributed by atoms with van der Waals surface area (Å²) in [5, 5.41) is 11.3. The summed E-state index contributed by atoms with van der Waals surface area (Å²) in [6.45, 7) is 1.93. The van der Waals surface area contributed by atoms with Crippen LogP contribution in [0.1, 0.15) is 18.7 Å². The molecule has 1 amide bonds. The monoisotopic (exact) mass is 548 g/mol. The Labute approximate surface area is 197 Å². The Hall–Kier alpha value is -2.08. The average Bonchev–Trinajstić information content (AvgIpc) is 3.22. The molecule has 11 heteroatoms. The lowest BCUT2D eigenvalue weighted by Crippen LogP contribution is -2.50. The molecule has 1 aliphatic rings. The van der Waals surface area contributed by atoms with E-state index in [4.69, 9.17) is 20.9 Å². The van der Waals surface area contributed by atoms with Gasteiger partial charge in [-0.25, -0.2) is 4.79 Å². The first kappa shape index (κ1) is 24.2. The zero-order valence-electron chi connectivity index (χ0n) is 16.9. The molecule has 2 N–H and O–H groups in total. The summed E-state index contributed by atoms with van der Waals surface area (Å²) in [7, 11) is 3.13. The van der Waals surface area contributed by atoms with Gasteiger partial charge in [0.05, 0.1) is 7.11 Å². The van der Waals surface area contributed by atoms with Crippen molar-refractivity contribution < 1.29 is 14.1 Å². The topological polar surface area (TPSA) is 105 Å². The fourth-order valence-corrected chi connectivity index (χ4v) is 3.21. The molecule has 30 heavy (non-hydrogen) atoms. The molecule has 0 spiro atoms. The highest BCUT2D eigenvalue weighted by atomic mass is 127. The van der Waals surface area contributed by atoms with Gasteiger partial charge in [-0.05, 0) is 37.1 Å². The second-order valence-corrected chi connectivity index (χ2v) is 7.08. The molecule has 1 aliphatic heterocycles. The number of nitrogens with one attached hydrogen (secondary N) is 2. The van der Waals surface area contributed by atoms with Gasteiger partial charge in [-0.15, -0.1) is 24.0 Å². The van der Waals surface area contributed by atoms with Crippen molar-refractivity contribution in [3.8, 4) is 11.4 Å². The summed E-state index contributed by atoms with van der Waals surface area (Å²) in [6, 6.07) is 7.54. The van der Waals surface area contributed by atoms with Gasteiger partial charge in [-0.2, -0.15) is 4.98 Å². The predicted molar refractivity (Wildman–Crippen MR) is 125 cm³/mol. The molecule has 2 heterocycles. The summed E-state index contributed by atoms with van der Waals surface area (Å²) >= 11 is 5.90. The van der Waals surface area contributed by atoms with Gasteiger partial charge >= 0.3 is 6.09 Å². The Morgan fingerprint density at radius 2 is 2.03 bits per heavy atom. The summed E-state index contributed by atoms with van der Waals surface area (Å²) in [5.41, 5.74) is 0.855. The van der Waals surface area contributed by atoms with Crippen LogP contribution < -0.4 is 10.6 Å². The van der Waals surface area contributed by atoms with E-state index < -0.39 is 0 Å². The van der Waals surface area contributed by atoms with E-state index in [-0.39, 0.29) is 36.1 Å². The maximum Gasteiger partial charge on any atom is 0.409 e. The van der Waals surface area contributed by atoms with Gasteiger partial charge in [0.25, 0.3) is 0 Å². The van der Waals surface area contributed by atoms with E-state index in [0.29, 0.717) is 48.8 Å². The number of carbonyl (C=O) groups excluding carboxylic acids is 1. The van der Waals surface area contributed by atoms with Gasteiger partial charge in [-0.3, -0.25) is 4.99 Å². The third kappa shape index (κ3) is 6.73. The van der Waals surface area contributed by atoms with Crippen LogP contribution in [0.4, 0.5) is 4.79 Å². The first-order valence-electron chi connectivity index (χ1n) is 9.47. The highest BCUT2D eigenvalue weighted by Crippen LogP contribution is 2.18.